The fraction of sp³-hybridized carbons (Fsp3) is 0.636. The van der Waals surface area contributed by atoms with E-state index in [0.29, 0.717) is 29.8 Å². The minimum absolute atomic E-state index is 0.0302. The Hall–Kier alpha value is -1.73. The van der Waals surface area contributed by atoms with Gasteiger partial charge in [0.25, 0.3) is 5.91 Å². The first kappa shape index (κ1) is 23.5. The molecule has 0 saturated carbocycles. The monoisotopic (exact) mass is 419 g/mol. The summed E-state index contributed by atoms with van der Waals surface area (Å²) in [4.78, 5) is 21.7. The number of guanidine groups is 1. The van der Waals surface area contributed by atoms with E-state index >= 15 is 0 Å². The standard InChI is InChI=1S/C22H37N5OS/c1-6-23-22(27-12-13-29-20(16-27)17(2)3)25-15-18-8-7-9-19(14-18)21(28)24-10-11-26(4)5/h7-9,14,17,20H,6,10-13,15-16H2,1-5H3,(H,23,25)(H,24,28). The van der Waals surface area contributed by atoms with E-state index < -0.39 is 0 Å². The molecule has 0 bridgehead atoms. The highest BCUT2D eigenvalue weighted by molar-refractivity contribution is 8.00. The zero-order valence-electron chi connectivity index (χ0n) is 18.6. The molecule has 1 fully saturated rings. The van der Waals surface area contributed by atoms with Crippen molar-refractivity contribution in [3.8, 4) is 0 Å². The summed E-state index contributed by atoms with van der Waals surface area (Å²) in [6.07, 6.45) is 0. The number of carbonyl (C=O) groups is 1. The zero-order chi connectivity index (χ0) is 21.2. The summed E-state index contributed by atoms with van der Waals surface area (Å²) in [6, 6.07) is 7.77. The van der Waals surface area contributed by atoms with Gasteiger partial charge in [0.2, 0.25) is 0 Å². The summed E-state index contributed by atoms with van der Waals surface area (Å²) < 4.78 is 0. The van der Waals surface area contributed by atoms with Crippen molar-refractivity contribution in [2.45, 2.75) is 32.6 Å². The van der Waals surface area contributed by atoms with Crippen molar-refractivity contribution in [2.24, 2.45) is 10.9 Å². The number of likely N-dealkylation sites (N-methyl/N-ethyl adjacent to an activating group) is 1. The average molecular weight is 420 g/mol. The number of nitrogens with zero attached hydrogens (tertiary/aromatic N) is 3. The van der Waals surface area contributed by atoms with Gasteiger partial charge in [0, 0.05) is 49.3 Å². The van der Waals surface area contributed by atoms with Gasteiger partial charge < -0.3 is 20.4 Å². The maximum atomic E-state index is 12.4. The molecular formula is C22H37N5OS. The highest BCUT2D eigenvalue weighted by Crippen LogP contribution is 2.25. The first-order chi connectivity index (χ1) is 13.9. The van der Waals surface area contributed by atoms with Gasteiger partial charge in [0.05, 0.1) is 6.54 Å². The Bertz CT molecular complexity index is 677. The van der Waals surface area contributed by atoms with Crippen LogP contribution < -0.4 is 10.6 Å². The Morgan fingerprint density at radius 1 is 1.34 bits per heavy atom. The Morgan fingerprint density at radius 2 is 2.14 bits per heavy atom. The molecule has 1 heterocycles. The first-order valence-corrected chi connectivity index (χ1v) is 11.6. The quantitative estimate of drug-likeness (QED) is 0.501. The molecule has 2 N–H and O–H groups in total. The summed E-state index contributed by atoms with van der Waals surface area (Å²) in [5.41, 5.74) is 1.74. The Morgan fingerprint density at radius 3 is 2.83 bits per heavy atom. The fourth-order valence-corrected chi connectivity index (χ4v) is 4.47. The molecular weight excluding hydrogens is 382 g/mol. The highest BCUT2D eigenvalue weighted by atomic mass is 32.2. The summed E-state index contributed by atoms with van der Waals surface area (Å²) in [5, 5.41) is 7.05. The molecule has 162 valence electrons. The largest absolute Gasteiger partial charge is 0.357 e. The molecule has 1 aromatic carbocycles. The fourth-order valence-electron chi connectivity index (χ4n) is 3.17. The highest BCUT2D eigenvalue weighted by Gasteiger charge is 2.24. The third kappa shape index (κ3) is 7.90. The van der Waals surface area contributed by atoms with Crippen LogP contribution in [0.15, 0.2) is 29.3 Å². The van der Waals surface area contributed by atoms with E-state index in [0.717, 1.165) is 43.5 Å². The molecule has 29 heavy (non-hydrogen) atoms. The second kappa shape index (κ2) is 12.1. The summed E-state index contributed by atoms with van der Waals surface area (Å²) >= 11 is 2.07. The van der Waals surface area contributed by atoms with E-state index in [1.165, 1.54) is 0 Å². The van der Waals surface area contributed by atoms with Crippen LogP contribution in [0.4, 0.5) is 0 Å². The summed E-state index contributed by atoms with van der Waals surface area (Å²) in [6.45, 7) is 11.6. The van der Waals surface area contributed by atoms with Crippen molar-refractivity contribution >= 4 is 23.6 Å². The van der Waals surface area contributed by atoms with E-state index in [1.54, 1.807) is 0 Å². The number of aliphatic imine (C=N–C) groups is 1. The number of amides is 1. The Balaban J connectivity index is 2.02. The topological polar surface area (TPSA) is 60.0 Å². The van der Waals surface area contributed by atoms with Crippen molar-refractivity contribution in [3.05, 3.63) is 35.4 Å². The van der Waals surface area contributed by atoms with Gasteiger partial charge in [-0.05, 0) is 44.6 Å². The number of benzene rings is 1. The van der Waals surface area contributed by atoms with E-state index in [2.05, 4.69) is 53.0 Å². The van der Waals surface area contributed by atoms with E-state index in [4.69, 9.17) is 4.99 Å². The van der Waals surface area contributed by atoms with Gasteiger partial charge in [0.15, 0.2) is 5.96 Å². The predicted octanol–water partition coefficient (Wildman–Crippen LogP) is 2.52. The number of hydrogen-bond acceptors (Lipinski definition) is 4. The van der Waals surface area contributed by atoms with Crippen LogP contribution in [0.25, 0.3) is 0 Å². The van der Waals surface area contributed by atoms with Gasteiger partial charge in [-0.15, -0.1) is 0 Å². The van der Waals surface area contributed by atoms with Crippen LogP contribution in [0.1, 0.15) is 36.7 Å². The van der Waals surface area contributed by atoms with Crippen molar-refractivity contribution < 1.29 is 4.79 Å². The maximum Gasteiger partial charge on any atom is 0.251 e. The lowest BCUT2D eigenvalue weighted by Crippen LogP contribution is -2.49. The predicted molar refractivity (Wildman–Crippen MR) is 125 cm³/mol. The third-order valence-electron chi connectivity index (χ3n) is 4.92. The molecule has 1 aliphatic heterocycles. The van der Waals surface area contributed by atoms with Crippen LogP contribution in [-0.4, -0.2) is 79.5 Å². The third-order valence-corrected chi connectivity index (χ3v) is 6.46. The van der Waals surface area contributed by atoms with Gasteiger partial charge in [-0.2, -0.15) is 11.8 Å². The van der Waals surface area contributed by atoms with Gasteiger partial charge in [-0.25, -0.2) is 4.99 Å². The number of hydrogen-bond donors (Lipinski definition) is 2. The molecule has 0 spiro atoms. The van der Waals surface area contributed by atoms with E-state index in [9.17, 15) is 4.79 Å². The van der Waals surface area contributed by atoms with Crippen LogP contribution >= 0.6 is 11.8 Å². The van der Waals surface area contributed by atoms with E-state index in [1.807, 2.05) is 38.4 Å². The molecule has 1 unspecified atom stereocenters. The average Bonchev–Trinajstić information content (AvgIpc) is 2.71. The molecule has 0 radical (unpaired) electrons. The normalized spacial score (nSPS) is 17.7. The molecule has 6 nitrogen and oxygen atoms in total. The number of nitrogens with one attached hydrogen (secondary N) is 2. The molecule has 0 aromatic heterocycles. The van der Waals surface area contributed by atoms with Crippen LogP contribution in [0.2, 0.25) is 0 Å². The van der Waals surface area contributed by atoms with Crippen LogP contribution in [0.3, 0.4) is 0 Å². The Labute approximate surface area is 180 Å². The molecule has 7 heteroatoms. The minimum atomic E-state index is -0.0302. The second-order valence-electron chi connectivity index (χ2n) is 8.03. The first-order valence-electron chi connectivity index (χ1n) is 10.6. The van der Waals surface area contributed by atoms with Crippen molar-refractivity contribution in [3.63, 3.8) is 0 Å². The lowest BCUT2D eigenvalue weighted by Gasteiger charge is -2.36. The molecule has 1 atom stereocenters. The summed E-state index contributed by atoms with van der Waals surface area (Å²) in [7, 11) is 3.99. The van der Waals surface area contributed by atoms with Crippen LogP contribution in [0, 0.1) is 5.92 Å². The molecule has 2 rings (SSSR count). The SMILES string of the molecule is CCNC(=NCc1cccc(C(=O)NCCN(C)C)c1)N1CCSC(C(C)C)C1. The van der Waals surface area contributed by atoms with Gasteiger partial charge >= 0.3 is 0 Å². The molecule has 1 aliphatic rings. The smallest absolute Gasteiger partial charge is 0.251 e. The second-order valence-corrected chi connectivity index (χ2v) is 9.38. The number of carbonyl (C=O) groups excluding carboxylic acids is 1. The van der Waals surface area contributed by atoms with Crippen LogP contribution in [0.5, 0.6) is 0 Å². The Kier molecular flexibility index (Phi) is 9.81. The van der Waals surface area contributed by atoms with Gasteiger partial charge in [-0.3, -0.25) is 4.79 Å². The van der Waals surface area contributed by atoms with E-state index in [-0.39, 0.29) is 5.91 Å². The lowest BCUT2D eigenvalue weighted by atomic mass is 10.1. The minimum Gasteiger partial charge on any atom is -0.357 e. The van der Waals surface area contributed by atoms with Crippen molar-refractivity contribution in [2.75, 3.05) is 52.6 Å². The van der Waals surface area contributed by atoms with Gasteiger partial charge in [0.1, 0.15) is 0 Å². The number of rotatable bonds is 8. The van der Waals surface area contributed by atoms with Crippen LogP contribution in [-0.2, 0) is 6.54 Å². The van der Waals surface area contributed by atoms with Gasteiger partial charge in [-0.1, -0.05) is 26.0 Å². The molecule has 1 amide bonds. The van der Waals surface area contributed by atoms with Crippen molar-refractivity contribution in [1.82, 2.24) is 20.4 Å². The molecule has 1 aromatic rings. The van der Waals surface area contributed by atoms with Crippen molar-refractivity contribution in [1.29, 1.82) is 0 Å². The summed E-state index contributed by atoms with van der Waals surface area (Å²) in [5.74, 6) is 2.74. The lowest BCUT2D eigenvalue weighted by molar-refractivity contribution is 0.0951. The zero-order valence-corrected chi connectivity index (χ0v) is 19.4. The molecule has 0 aliphatic carbocycles. The number of thioether (sulfide) groups is 1. The molecule has 1 saturated heterocycles. The maximum absolute atomic E-state index is 12.4.